The minimum atomic E-state index is -0.273. The first kappa shape index (κ1) is 22.8. The number of hydrogen-bond acceptors (Lipinski definition) is 5. The summed E-state index contributed by atoms with van der Waals surface area (Å²) >= 11 is 4.31. The van der Waals surface area contributed by atoms with Gasteiger partial charge in [0.15, 0.2) is 0 Å². The van der Waals surface area contributed by atoms with Crippen molar-refractivity contribution in [1.29, 1.82) is 0 Å². The molecule has 0 radical (unpaired) electrons. The lowest BCUT2D eigenvalue weighted by atomic mass is 9.79. The van der Waals surface area contributed by atoms with Crippen molar-refractivity contribution in [2.24, 2.45) is 11.8 Å². The maximum Gasteiger partial charge on any atom is 0.243 e. The first-order chi connectivity index (χ1) is 13.7. The number of fused-ring (bicyclic) bond motifs is 2. The zero-order valence-electron chi connectivity index (χ0n) is 17.4. The molecule has 3 rings (SSSR count). The van der Waals surface area contributed by atoms with Crippen LogP contribution in [-0.4, -0.2) is 45.3 Å². The monoisotopic (exact) mass is 429 g/mol. The number of thioether (sulfide) groups is 2. The quantitative estimate of drug-likeness (QED) is 0.261. The van der Waals surface area contributed by atoms with E-state index in [9.17, 15) is 4.79 Å². The highest BCUT2D eigenvalue weighted by molar-refractivity contribution is 8.00. The number of nitrogens with one attached hydrogen (secondary N) is 1. The largest absolute Gasteiger partial charge is 0.374 e. The second-order valence-corrected chi connectivity index (χ2v) is 11.8. The molecule has 6 heteroatoms. The summed E-state index contributed by atoms with van der Waals surface area (Å²) < 4.78 is 6.33. The second-order valence-electron chi connectivity index (χ2n) is 8.96. The smallest absolute Gasteiger partial charge is 0.243 e. The van der Waals surface area contributed by atoms with Gasteiger partial charge >= 0.3 is 0 Å². The van der Waals surface area contributed by atoms with Crippen molar-refractivity contribution in [3.8, 4) is 0 Å². The topological polar surface area (TPSA) is 58.6 Å². The molecule has 0 aromatic heterocycles. The van der Waals surface area contributed by atoms with Gasteiger partial charge in [0.05, 0.1) is 12.2 Å². The molecule has 162 valence electrons. The lowest BCUT2D eigenvalue weighted by Gasteiger charge is -2.29. The van der Waals surface area contributed by atoms with Crippen molar-refractivity contribution in [3.05, 3.63) is 0 Å². The molecule has 0 aromatic rings. The van der Waals surface area contributed by atoms with E-state index < -0.39 is 0 Å². The van der Waals surface area contributed by atoms with Crippen molar-refractivity contribution in [1.82, 2.24) is 5.48 Å². The highest BCUT2D eigenvalue weighted by Crippen LogP contribution is 2.47. The number of ether oxygens (including phenoxy) is 1. The van der Waals surface area contributed by atoms with Crippen LogP contribution in [-0.2, 0) is 9.53 Å². The molecule has 3 aliphatic rings. The van der Waals surface area contributed by atoms with Crippen LogP contribution in [0.15, 0.2) is 0 Å². The number of carbonyl (C=O) groups excluding carboxylic acids is 1. The Hall–Kier alpha value is 0.0900. The van der Waals surface area contributed by atoms with Crippen molar-refractivity contribution in [2.45, 2.75) is 107 Å². The van der Waals surface area contributed by atoms with E-state index in [1.54, 1.807) is 5.48 Å². The third-order valence-electron chi connectivity index (χ3n) is 6.91. The number of rotatable bonds is 11. The summed E-state index contributed by atoms with van der Waals surface area (Å²) in [5.74, 6) is 3.78. The number of hydroxylamine groups is 1. The highest BCUT2D eigenvalue weighted by Gasteiger charge is 2.48. The molecule has 2 bridgehead atoms. The van der Waals surface area contributed by atoms with Gasteiger partial charge in [-0.3, -0.25) is 10.0 Å². The number of hydrogen-bond donors (Lipinski definition) is 2. The molecule has 2 saturated heterocycles. The molecule has 28 heavy (non-hydrogen) atoms. The molecule has 1 aliphatic carbocycles. The average Bonchev–Trinajstić information content (AvgIpc) is 3.19. The van der Waals surface area contributed by atoms with Crippen LogP contribution < -0.4 is 5.48 Å². The standard InChI is InChI=1S/C22H39NO3S2/c1-16(7-6-10-22(24)23-25)27-14-13-18-19(21-12-11-20(18)26-21)15-28-17-8-4-2-3-5-9-17/h16-21,25H,2-15H2,1H3,(H,23,24). The summed E-state index contributed by atoms with van der Waals surface area (Å²) in [6, 6.07) is 0. The first-order valence-corrected chi connectivity index (χ1v) is 13.6. The fourth-order valence-corrected chi connectivity index (χ4v) is 8.02. The molecule has 0 spiro atoms. The average molecular weight is 430 g/mol. The maximum absolute atomic E-state index is 11.1. The summed E-state index contributed by atoms with van der Waals surface area (Å²) in [5, 5.41) is 10.0. The molecular weight excluding hydrogens is 390 g/mol. The van der Waals surface area contributed by atoms with E-state index >= 15 is 0 Å². The third-order valence-corrected chi connectivity index (χ3v) is 9.71. The predicted octanol–water partition coefficient (Wildman–Crippen LogP) is 5.42. The summed E-state index contributed by atoms with van der Waals surface area (Å²) in [7, 11) is 0. The molecule has 5 unspecified atom stereocenters. The first-order valence-electron chi connectivity index (χ1n) is 11.5. The lowest BCUT2D eigenvalue weighted by Crippen LogP contribution is -2.30. The van der Waals surface area contributed by atoms with Crippen LogP contribution in [0.3, 0.4) is 0 Å². The molecule has 0 aromatic carbocycles. The molecule has 2 aliphatic heterocycles. The Morgan fingerprint density at radius 1 is 1.11 bits per heavy atom. The van der Waals surface area contributed by atoms with Gasteiger partial charge in [0.2, 0.25) is 5.91 Å². The van der Waals surface area contributed by atoms with Gasteiger partial charge in [0.25, 0.3) is 0 Å². The van der Waals surface area contributed by atoms with Crippen LogP contribution in [0.2, 0.25) is 0 Å². The van der Waals surface area contributed by atoms with Crippen LogP contribution in [0.1, 0.15) is 84.0 Å². The fourth-order valence-electron chi connectivity index (χ4n) is 5.25. The van der Waals surface area contributed by atoms with E-state index in [1.807, 2.05) is 11.8 Å². The summed E-state index contributed by atoms with van der Waals surface area (Å²) in [5.41, 5.74) is 1.72. The number of carbonyl (C=O) groups is 1. The zero-order chi connectivity index (χ0) is 19.8. The highest BCUT2D eigenvalue weighted by atomic mass is 32.2. The number of amides is 1. The molecule has 2 heterocycles. The van der Waals surface area contributed by atoms with Crippen LogP contribution in [0.4, 0.5) is 0 Å². The van der Waals surface area contributed by atoms with Crippen LogP contribution in [0, 0.1) is 11.8 Å². The van der Waals surface area contributed by atoms with Crippen molar-refractivity contribution < 1.29 is 14.7 Å². The summed E-state index contributed by atoms with van der Waals surface area (Å²) in [6.07, 6.45) is 15.8. The summed E-state index contributed by atoms with van der Waals surface area (Å²) in [6.45, 7) is 2.26. The van der Waals surface area contributed by atoms with E-state index in [2.05, 4.69) is 18.7 Å². The van der Waals surface area contributed by atoms with Gasteiger partial charge in [0.1, 0.15) is 0 Å². The SMILES string of the molecule is CC(CCCC(=O)NO)SCCC1C2CCC(O2)C1CSC1CCCCCC1. The summed E-state index contributed by atoms with van der Waals surface area (Å²) in [4.78, 5) is 11.1. The minimum absolute atomic E-state index is 0.273. The Labute approximate surface area is 179 Å². The van der Waals surface area contributed by atoms with Crippen molar-refractivity contribution >= 4 is 29.4 Å². The van der Waals surface area contributed by atoms with Gasteiger partial charge < -0.3 is 4.74 Å². The maximum atomic E-state index is 11.1. The van der Waals surface area contributed by atoms with Gasteiger partial charge in [-0.25, -0.2) is 5.48 Å². The van der Waals surface area contributed by atoms with Crippen LogP contribution in [0.25, 0.3) is 0 Å². The van der Waals surface area contributed by atoms with Gasteiger partial charge in [0, 0.05) is 16.9 Å². The van der Waals surface area contributed by atoms with Gasteiger partial charge in [-0.2, -0.15) is 23.5 Å². The van der Waals surface area contributed by atoms with Crippen molar-refractivity contribution in [2.75, 3.05) is 11.5 Å². The fraction of sp³-hybridized carbons (Fsp3) is 0.955. The molecule has 4 nitrogen and oxygen atoms in total. The second kappa shape index (κ2) is 12.1. The Morgan fingerprint density at radius 2 is 1.82 bits per heavy atom. The van der Waals surface area contributed by atoms with E-state index in [0.29, 0.717) is 23.9 Å². The zero-order valence-corrected chi connectivity index (χ0v) is 19.1. The molecule has 2 N–H and O–H groups in total. The normalized spacial score (nSPS) is 31.6. The molecule has 1 amide bonds. The van der Waals surface area contributed by atoms with Crippen LogP contribution in [0.5, 0.6) is 0 Å². The Bertz CT molecular complexity index is 471. The van der Waals surface area contributed by atoms with E-state index in [1.165, 1.54) is 69.3 Å². The molecular formula is C22H39NO3S2. The Morgan fingerprint density at radius 3 is 2.54 bits per heavy atom. The van der Waals surface area contributed by atoms with E-state index in [4.69, 9.17) is 9.94 Å². The van der Waals surface area contributed by atoms with Gasteiger partial charge in [-0.05, 0) is 68.3 Å². The van der Waals surface area contributed by atoms with Gasteiger partial charge in [-0.15, -0.1) is 0 Å². The van der Waals surface area contributed by atoms with E-state index in [0.717, 1.165) is 29.9 Å². The Kier molecular flexibility index (Phi) is 9.81. The lowest BCUT2D eigenvalue weighted by molar-refractivity contribution is -0.129. The van der Waals surface area contributed by atoms with Gasteiger partial charge in [-0.1, -0.05) is 32.6 Å². The molecule has 1 saturated carbocycles. The molecule has 5 atom stereocenters. The third kappa shape index (κ3) is 6.82. The van der Waals surface area contributed by atoms with Crippen LogP contribution >= 0.6 is 23.5 Å². The predicted molar refractivity (Wildman–Crippen MR) is 119 cm³/mol. The Balaban J connectivity index is 1.36. The minimum Gasteiger partial charge on any atom is -0.374 e. The molecule has 3 fully saturated rings. The van der Waals surface area contributed by atoms with Crippen molar-refractivity contribution in [3.63, 3.8) is 0 Å². The van der Waals surface area contributed by atoms with E-state index in [-0.39, 0.29) is 5.91 Å².